The van der Waals surface area contributed by atoms with E-state index in [1.54, 1.807) is 0 Å². The van der Waals surface area contributed by atoms with E-state index in [4.69, 9.17) is 5.73 Å². The third kappa shape index (κ3) is 4.71. The third-order valence-corrected chi connectivity index (χ3v) is 1.83. The Morgan fingerprint density at radius 3 is 2.55 bits per heavy atom. The lowest BCUT2D eigenvalue weighted by atomic mass is 10.2. The van der Waals surface area contributed by atoms with Gasteiger partial charge in [0.15, 0.2) is 0 Å². The summed E-state index contributed by atoms with van der Waals surface area (Å²) in [4.78, 5) is 2.09. The number of rotatable bonds is 5. The van der Waals surface area contributed by atoms with Gasteiger partial charge in [0.25, 0.3) is 0 Å². The van der Waals surface area contributed by atoms with Gasteiger partial charge in [0, 0.05) is 13.6 Å². The van der Waals surface area contributed by atoms with E-state index in [0.717, 1.165) is 12.4 Å². The van der Waals surface area contributed by atoms with Crippen molar-refractivity contribution in [2.75, 3.05) is 13.6 Å². The maximum absolute atomic E-state index is 5.69. The second-order valence-electron chi connectivity index (χ2n) is 2.84. The summed E-state index contributed by atoms with van der Waals surface area (Å²) in [7, 11) is 2.03. The van der Waals surface area contributed by atoms with Crippen molar-refractivity contribution in [1.82, 2.24) is 4.90 Å². The predicted octanol–water partition coefficient (Wildman–Crippen LogP) is 1.93. The first-order valence-corrected chi connectivity index (χ1v) is 4.35. The van der Waals surface area contributed by atoms with Crippen molar-refractivity contribution >= 4 is 0 Å². The summed E-state index contributed by atoms with van der Waals surface area (Å²) in [6.07, 6.45) is 5.73. The van der Waals surface area contributed by atoms with Gasteiger partial charge in [-0.25, -0.2) is 0 Å². The standard InChI is InChI=1S/C9H20N2/c1-4-6-7-8-11(3)9(10)5-2/h5H,4,6-8,10H2,1-3H3. The fraction of sp³-hybridized carbons (Fsp3) is 0.778. The molecule has 0 aliphatic heterocycles. The number of unbranched alkanes of at least 4 members (excludes halogenated alkanes) is 2. The average molecular weight is 156 g/mol. The Bertz CT molecular complexity index is 119. The van der Waals surface area contributed by atoms with Crippen molar-refractivity contribution in [3.63, 3.8) is 0 Å². The summed E-state index contributed by atoms with van der Waals surface area (Å²) in [6.45, 7) is 5.24. The van der Waals surface area contributed by atoms with Crippen LogP contribution >= 0.6 is 0 Å². The van der Waals surface area contributed by atoms with E-state index in [-0.39, 0.29) is 0 Å². The van der Waals surface area contributed by atoms with E-state index < -0.39 is 0 Å². The summed E-state index contributed by atoms with van der Waals surface area (Å²) in [5.74, 6) is 0.876. The summed E-state index contributed by atoms with van der Waals surface area (Å²) in [5.41, 5.74) is 5.69. The zero-order valence-electron chi connectivity index (χ0n) is 7.93. The molecule has 0 aromatic rings. The molecule has 0 atom stereocenters. The van der Waals surface area contributed by atoms with Crippen LogP contribution in [0.5, 0.6) is 0 Å². The fourth-order valence-electron chi connectivity index (χ4n) is 0.948. The maximum atomic E-state index is 5.69. The fourth-order valence-corrected chi connectivity index (χ4v) is 0.948. The lowest BCUT2D eigenvalue weighted by Crippen LogP contribution is -2.24. The van der Waals surface area contributed by atoms with Crippen LogP contribution in [-0.4, -0.2) is 18.5 Å². The molecule has 0 aromatic carbocycles. The monoisotopic (exact) mass is 156 g/mol. The zero-order chi connectivity index (χ0) is 8.69. The van der Waals surface area contributed by atoms with Gasteiger partial charge in [-0.2, -0.15) is 0 Å². The topological polar surface area (TPSA) is 29.3 Å². The highest BCUT2D eigenvalue weighted by Gasteiger charge is 1.96. The van der Waals surface area contributed by atoms with Gasteiger partial charge in [-0.05, 0) is 19.4 Å². The van der Waals surface area contributed by atoms with Gasteiger partial charge in [0.1, 0.15) is 0 Å². The molecule has 11 heavy (non-hydrogen) atoms. The average Bonchev–Trinajstić information content (AvgIpc) is 2.03. The first kappa shape index (κ1) is 10.3. The first-order chi connectivity index (χ1) is 5.22. The molecule has 0 aromatic heterocycles. The summed E-state index contributed by atoms with van der Waals surface area (Å²) in [6, 6.07) is 0. The minimum Gasteiger partial charge on any atom is -0.386 e. The Hall–Kier alpha value is -0.660. The smallest absolute Gasteiger partial charge is 0.0939 e. The van der Waals surface area contributed by atoms with E-state index in [0.29, 0.717) is 0 Å². The number of allylic oxidation sites excluding steroid dienone is 1. The van der Waals surface area contributed by atoms with Gasteiger partial charge in [-0.3, -0.25) is 0 Å². The van der Waals surface area contributed by atoms with Gasteiger partial charge < -0.3 is 10.6 Å². The quantitative estimate of drug-likeness (QED) is 0.616. The normalized spacial score (nSPS) is 11.7. The molecular weight excluding hydrogens is 136 g/mol. The molecule has 0 saturated carbocycles. The van der Waals surface area contributed by atoms with Crippen molar-refractivity contribution in [1.29, 1.82) is 0 Å². The Morgan fingerprint density at radius 2 is 2.09 bits per heavy atom. The minimum atomic E-state index is 0.876. The van der Waals surface area contributed by atoms with Crippen LogP contribution in [0, 0.1) is 0 Å². The Kier molecular flexibility index (Phi) is 5.71. The largest absolute Gasteiger partial charge is 0.386 e. The molecule has 0 aliphatic rings. The molecule has 0 heterocycles. The number of hydrogen-bond acceptors (Lipinski definition) is 2. The molecule has 0 spiro atoms. The van der Waals surface area contributed by atoms with Crippen LogP contribution in [0.25, 0.3) is 0 Å². The molecular formula is C9H20N2. The number of hydrogen-bond donors (Lipinski definition) is 1. The third-order valence-electron chi connectivity index (χ3n) is 1.83. The predicted molar refractivity (Wildman–Crippen MR) is 50.1 cm³/mol. The molecule has 2 N–H and O–H groups in total. The van der Waals surface area contributed by atoms with Gasteiger partial charge in [-0.15, -0.1) is 0 Å². The van der Waals surface area contributed by atoms with Gasteiger partial charge in [-0.1, -0.05) is 19.8 Å². The lowest BCUT2D eigenvalue weighted by Gasteiger charge is -2.18. The molecule has 2 heteroatoms. The highest BCUT2D eigenvalue weighted by molar-refractivity contribution is 4.91. The van der Waals surface area contributed by atoms with Crippen molar-refractivity contribution in [3.05, 3.63) is 11.9 Å². The Labute approximate surface area is 70.1 Å². The van der Waals surface area contributed by atoms with Crippen LogP contribution in [0.3, 0.4) is 0 Å². The van der Waals surface area contributed by atoms with Crippen LogP contribution in [0.2, 0.25) is 0 Å². The summed E-state index contributed by atoms with van der Waals surface area (Å²) >= 11 is 0. The van der Waals surface area contributed by atoms with E-state index in [2.05, 4.69) is 11.8 Å². The second kappa shape index (κ2) is 6.08. The summed E-state index contributed by atoms with van der Waals surface area (Å²) in [5, 5.41) is 0. The van der Waals surface area contributed by atoms with E-state index in [9.17, 15) is 0 Å². The molecule has 0 bridgehead atoms. The minimum absolute atomic E-state index is 0.876. The van der Waals surface area contributed by atoms with Crippen molar-refractivity contribution in [3.8, 4) is 0 Å². The van der Waals surface area contributed by atoms with E-state index in [1.165, 1.54) is 19.3 Å². The van der Waals surface area contributed by atoms with Crippen molar-refractivity contribution in [2.24, 2.45) is 5.73 Å². The molecule has 0 unspecified atom stereocenters. The molecule has 0 fully saturated rings. The number of nitrogens with zero attached hydrogens (tertiary/aromatic N) is 1. The molecule has 66 valence electrons. The highest BCUT2D eigenvalue weighted by atomic mass is 15.2. The maximum Gasteiger partial charge on any atom is 0.0939 e. The van der Waals surface area contributed by atoms with Crippen LogP contribution < -0.4 is 5.73 Å². The van der Waals surface area contributed by atoms with Crippen LogP contribution in [0.4, 0.5) is 0 Å². The van der Waals surface area contributed by atoms with Crippen LogP contribution in [-0.2, 0) is 0 Å². The molecule has 0 radical (unpaired) electrons. The van der Waals surface area contributed by atoms with Gasteiger partial charge >= 0.3 is 0 Å². The van der Waals surface area contributed by atoms with Gasteiger partial charge in [0.2, 0.25) is 0 Å². The van der Waals surface area contributed by atoms with Crippen molar-refractivity contribution < 1.29 is 0 Å². The molecule has 0 saturated heterocycles. The molecule has 2 nitrogen and oxygen atoms in total. The second-order valence-corrected chi connectivity index (χ2v) is 2.84. The lowest BCUT2D eigenvalue weighted by molar-refractivity contribution is 0.396. The first-order valence-electron chi connectivity index (χ1n) is 4.35. The summed E-state index contributed by atoms with van der Waals surface area (Å²) < 4.78 is 0. The molecule has 0 aliphatic carbocycles. The molecule has 0 rings (SSSR count). The Morgan fingerprint density at radius 1 is 1.45 bits per heavy atom. The highest BCUT2D eigenvalue weighted by Crippen LogP contribution is 1.99. The molecule has 0 amide bonds. The number of nitrogens with two attached hydrogens (primary N) is 1. The van der Waals surface area contributed by atoms with E-state index in [1.807, 2.05) is 20.0 Å². The van der Waals surface area contributed by atoms with E-state index >= 15 is 0 Å². The van der Waals surface area contributed by atoms with Crippen molar-refractivity contribution in [2.45, 2.75) is 33.1 Å². The zero-order valence-corrected chi connectivity index (χ0v) is 7.93. The van der Waals surface area contributed by atoms with Gasteiger partial charge in [0.05, 0.1) is 5.82 Å². The van der Waals surface area contributed by atoms with Crippen LogP contribution in [0.1, 0.15) is 33.1 Å². The van der Waals surface area contributed by atoms with Crippen LogP contribution in [0.15, 0.2) is 11.9 Å². The SMILES string of the molecule is CC=C(N)N(C)CCCCC. The Balaban J connectivity index is 3.44.